The van der Waals surface area contributed by atoms with E-state index in [-0.39, 0.29) is 0 Å². The lowest BCUT2D eigenvalue weighted by atomic mass is 9.75. The Hall–Kier alpha value is -2.19. The quantitative estimate of drug-likeness (QED) is 0.608. The molecule has 0 radical (unpaired) electrons. The Labute approximate surface area is 173 Å². The molecule has 1 aromatic carbocycles. The van der Waals surface area contributed by atoms with Gasteiger partial charge in [0.1, 0.15) is 5.60 Å². The maximum absolute atomic E-state index is 11.2. The van der Waals surface area contributed by atoms with Crippen LogP contribution in [0.2, 0.25) is 0 Å². The number of hydrogen-bond acceptors (Lipinski definition) is 4. The maximum atomic E-state index is 11.2. The molecule has 1 aromatic heterocycles. The van der Waals surface area contributed by atoms with Gasteiger partial charge in [0, 0.05) is 43.9 Å². The molecular weight excluding hydrogens is 360 g/mol. The summed E-state index contributed by atoms with van der Waals surface area (Å²) in [4.78, 5) is 7.25. The molecule has 1 N–H and O–H groups in total. The van der Waals surface area contributed by atoms with Crippen LogP contribution >= 0.6 is 0 Å². The Morgan fingerprint density at radius 2 is 1.97 bits per heavy atom. The van der Waals surface area contributed by atoms with Crippen molar-refractivity contribution in [3.63, 3.8) is 0 Å². The first kappa shape index (κ1) is 20.1. The van der Waals surface area contributed by atoms with Gasteiger partial charge in [0.05, 0.1) is 5.69 Å². The molecule has 3 fully saturated rings. The summed E-state index contributed by atoms with van der Waals surface area (Å²) >= 11 is 0. The van der Waals surface area contributed by atoms with Gasteiger partial charge in [-0.25, -0.2) is 0 Å². The van der Waals surface area contributed by atoms with Gasteiger partial charge in [0.2, 0.25) is 0 Å². The SMILES string of the molecule is COCCCc1ccc(C#CC2(O)CN3CCC2CC3)c(Cc2ccccc2)n1. The van der Waals surface area contributed by atoms with Gasteiger partial charge in [-0.3, -0.25) is 9.88 Å². The largest absolute Gasteiger partial charge is 0.385 e. The Morgan fingerprint density at radius 1 is 1.17 bits per heavy atom. The second kappa shape index (κ2) is 9.09. The van der Waals surface area contributed by atoms with E-state index in [2.05, 4.69) is 53.1 Å². The van der Waals surface area contributed by atoms with Crippen LogP contribution in [0.5, 0.6) is 0 Å². The van der Waals surface area contributed by atoms with E-state index < -0.39 is 5.60 Å². The summed E-state index contributed by atoms with van der Waals surface area (Å²) in [5.41, 5.74) is 3.31. The Morgan fingerprint density at radius 3 is 2.66 bits per heavy atom. The van der Waals surface area contributed by atoms with Crippen molar-refractivity contribution in [2.45, 2.75) is 37.7 Å². The maximum Gasteiger partial charge on any atom is 0.141 e. The van der Waals surface area contributed by atoms with Crippen LogP contribution in [0.15, 0.2) is 42.5 Å². The molecule has 0 amide bonds. The molecule has 1 atom stereocenters. The Bertz CT molecular complexity index is 879. The second-order valence-electron chi connectivity index (χ2n) is 8.28. The Kier molecular flexibility index (Phi) is 6.30. The molecule has 2 bridgehead atoms. The zero-order valence-electron chi connectivity index (χ0n) is 17.2. The molecule has 29 heavy (non-hydrogen) atoms. The predicted molar refractivity (Wildman–Crippen MR) is 115 cm³/mol. The van der Waals surface area contributed by atoms with Crippen molar-refractivity contribution in [3.05, 3.63) is 65.0 Å². The summed E-state index contributed by atoms with van der Waals surface area (Å²) in [7, 11) is 1.73. The van der Waals surface area contributed by atoms with Crippen LogP contribution in [-0.2, 0) is 17.6 Å². The first-order valence-corrected chi connectivity index (χ1v) is 10.7. The molecule has 0 saturated carbocycles. The first-order valence-electron chi connectivity index (χ1n) is 10.7. The highest BCUT2D eigenvalue weighted by atomic mass is 16.5. The van der Waals surface area contributed by atoms with Crippen molar-refractivity contribution in [1.29, 1.82) is 0 Å². The minimum absolute atomic E-state index is 0.291. The van der Waals surface area contributed by atoms with Gasteiger partial charge >= 0.3 is 0 Å². The van der Waals surface area contributed by atoms with Crippen molar-refractivity contribution in [3.8, 4) is 11.8 Å². The molecule has 4 heteroatoms. The van der Waals surface area contributed by atoms with E-state index in [1.165, 1.54) is 5.56 Å². The number of ether oxygens (including phenoxy) is 1. The molecule has 4 heterocycles. The van der Waals surface area contributed by atoms with Crippen molar-refractivity contribution >= 4 is 0 Å². The number of benzene rings is 1. The summed E-state index contributed by atoms with van der Waals surface area (Å²) in [5, 5.41) is 11.2. The number of piperidine rings is 3. The standard InChI is InChI=1S/C25H30N2O2/c1-29-17-5-8-23-10-9-21(24(26-23)18-20-6-3-2-4-7-20)11-14-25(28)19-27-15-12-22(25)13-16-27/h2-4,6-7,9-10,22,28H,5,8,12-13,15-19H2,1H3. The minimum Gasteiger partial charge on any atom is -0.385 e. The fourth-order valence-corrected chi connectivity index (χ4v) is 4.48. The van der Waals surface area contributed by atoms with E-state index in [0.717, 1.165) is 68.8 Å². The first-order chi connectivity index (χ1) is 14.2. The molecule has 152 valence electrons. The predicted octanol–water partition coefficient (Wildman–Crippen LogP) is 3.06. The third-order valence-corrected chi connectivity index (χ3v) is 6.17. The molecule has 2 aromatic rings. The van der Waals surface area contributed by atoms with Crippen LogP contribution in [-0.4, -0.2) is 53.9 Å². The third kappa shape index (κ3) is 4.87. The number of methoxy groups -OCH3 is 1. The average molecular weight is 391 g/mol. The fourth-order valence-electron chi connectivity index (χ4n) is 4.48. The smallest absolute Gasteiger partial charge is 0.141 e. The number of rotatable bonds is 6. The van der Waals surface area contributed by atoms with E-state index in [1.54, 1.807) is 7.11 Å². The summed E-state index contributed by atoms with van der Waals surface area (Å²) in [5.74, 6) is 6.85. The van der Waals surface area contributed by atoms with Gasteiger partial charge in [-0.05, 0) is 56.5 Å². The minimum atomic E-state index is -0.891. The Balaban J connectivity index is 1.60. The average Bonchev–Trinajstić information content (AvgIpc) is 2.75. The number of aryl methyl sites for hydroxylation is 1. The number of pyridine rings is 1. The fraction of sp³-hybridized carbons (Fsp3) is 0.480. The number of aromatic nitrogens is 1. The molecule has 3 aliphatic heterocycles. The number of fused-ring (bicyclic) bond motifs is 3. The van der Waals surface area contributed by atoms with Gasteiger partial charge in [0.25, 0.3) is 0 Å². The topological polar surface area (TPSA) is 45.6 Å². The number of aliphatic hydroxyl groups is 1. The van der Waals surface area contributed by atoms with Gasteiger partial charge in [-0.2, -0.15) is 0 Å². The number of nitrogens with zero attached hydrogens (tertiary/aromatic N) is 2. The lowest BCUT2D eigenvalue weighted by Gasteiger charge is -2.47. The highest BCUT2D eigenvalue weighted by molar-refractivity contribution is 5.43. The van der Waals surface area contributed by atoms with E-state index >= 15 is 0 Å². The van der Waals surface area contributed by atoms with E-state index in [9.17, 15) is 5.11 Å². The molecule has 0 aliphatic carbocycles. The van der Waals surface area contributed by atoms with E-state index in [0.29, 0.717) is 12.5 Å². The number of hydrogen-bond donors (Lipinski definition) is 1. The zero-order valence-corrected chi connectivity index (χ0v) is 17.2. The monoisotopic (exact) mass is 390 g/mol. The van der Waals surface area contributed by atoms with E-state index in [1.807, 2.05) is 6.07 Å². The van der Waals surface area contributed by atoms with Crippen molar-refractivity contribution < 1.29 is 9.84 Å². The highest BCUT2D eigenvalue weighted by Gasteiger charge is 2.44. The van der Waals surface area contributed by atoms with Gasteiger partial charge < -0.3 is 9.84 Å². The van der Waals surface area contributed by atoms with Crippen molar-refractivity contribution in [2.24, 2.45) is 5.92 Å². The normalized spacial score (nSPS) is 25.4. The van der Waals surface area contributed by atoms with Crippen molar-refractivity contribution in [2.75, 3.05) is 33.4 Å². The van der Waals surface area contributed by atoms with Gasteiger partial charge in [-0.1, -0.05) is 42.2 Å². The summed E-state index contributed by atoms with van der Waals surface area (Å²) in [6.45, 7) is 3.58. The molecule has 3 saturated heterocycles. The lowest BCUT2D eigenvalue weighted by Crippen LogP contribution is -2.58. The van der Waals surface area contributed by atoms with Crippen LogP contribution in [0.1, 0.15) is 41.8 Å². The van der Waals surface area contributed by atoms with Crippen LogP contribution in [0.3, 0.4) is 0 Å². The van der Waals surface area contributed by atoms with Crippen LogP contribution in [0, 0.1) is 17.8 Å². The molecule has 1 unspecified atom stereocenters. The molecular formula is C25H30N2O2. The summed E-state index contributed by atoms with van der Waals surface area (Å²) < 4.78 is 5.17. The van der Waals surface area contributed by atoms with Crippen molar-refractivity contribution in [1.82, 2.24) is 9.88 Å². The van der Waals surface area contributed by atoms with Crippen LogP contribution in [0.4, 0.5) is 0 Å². The molecule has 0 spiro atoms. The van der Waals surface area contributed by atoms with E-state index in [4.69, 9.17) is 9.72 Å². The lowest BCUT2D eigenvalue weighted by molar-refractivity contribution is -0.0713. The zero-order chi connectivity index (χ0) is 20.1. The van der Waals surface area contributed by atoms with Crippen LogP contribution < -0.4 is 0 Å². The summed E-state index contributed by atoms with van der Waals surface area (Å²) in [6, 6.07) is 14.5. The molecule has 4 nitrogen and oxygen atoms in total. The van der Waals surface area contributed by atoms with Gasteiger partial charge in [-0.15, -0.1) is 0 Å². The molecule has 5 rings (SSSR count). The molecule has 3 aliphatic rings. The third-order valence-electron chi connectivity index (χ3n) is 6.17. The summed E-state index contributed by atoms with van der Waals surface area (Å²) in [6.07, 6.45) is 4.68. The second-order valence-corrected chi connectivity index (χ2v) is 8.28. The highest BCUT2D eigenvalue weighted by Crippen LogP contribution is 2.35. The van der Waals surface area contributed by atoms with Crippen LogP contribution in [0.25, 0.3) is 0 Å². The van der Waals surface area contributed by atoms with Gasteiger partial charge in [0.15, 0.2) is 0 Å².